The summed E-state index contributed by atoms with van der Waals surface area (Å²) in [4.78, 5) is 19.6. The van der Waals surface area contributed by atoms with Crippen LogP contribution < -0.4 is 5.73 Å². The lowest BCUT2D eigenvalue weighted by Gasteiger charge is -2.15. The van der Waals surface area contributed by atoms with E-state index in [-0.39, 0.29) is 0 Å². The lowest BCUT2D eigenvalue weighted by molar-refractivity contribution is 1.06. The number of nitrogens with zero attached hydrogens (tertiary/aromatic N) is 4. The highest BCUT2D eigenvalue weighted by molar-refractivity contribution is 6.12. The molecule has 0 aliphatic heterocycles. The van der Waals surface area contributed by atoms with Gasteiger partial charge in [-0.1, -0.05) is 140 Å². The first-order valence-corrected chi connectivity index (χ1v) is 20.1. The van der Waals surface area contributed by atoms with Crippen LogP contribution in [0.15, 0.2) is 192 Å². The van der Waals surface area contributed by atoms with Crippen molar-refractivity contribution < 1.29 is 0 Å². The molecule has 2 aromatic heterocycles. The van der Waals surface area contributed by atoms with Crippen molar-refractivity contribution in [3.8, 4) is 33.5 Å². The average molecular weight is 762 g/mol. The van der Waals surface area contributed by atoms with Gasteiger partial charge in [0.15, 0.2) is 5.84 Å². The maximum absolute atomic E-state index is 6.56. The minimum atomic E-state index is 0.418. The van der Waals surface area contributed by atoms with Gasteiger partial charge in [-0.25, -0.2) is 9.98 Å². The smallest absolute Gasteiger partial charge is 0.157 e. The number of aliphatic imine (C=N–C) groups is 2. The van der Waals surface area contributed by atoms with Crippen molar-refractivity contribution in [1.29, 1.82) is 0 Å². The zero-order valence-corrected chi connectivity index (χ0v) is 33.2. The molecule has 2 N–H and O–H groups in total. The van der Waals surface area contributed by atoms with Crippen LogP contribution in [-0.2, 0) is 6.54 Å². The van der Waals surface area contributed by atoms with Crippen LogP contribution >= 0.6 is 0 Å². The molecule has 0 aliphatic rings. The van der Waals surface area contributed by atoms with E-state index >= 15 is 0 Å². The van der Waals surface area contributed by atoms with E-state index in [4.69, 9.17) is 20.7 Å². The second kappa shape index (κ2) is 16.5. The van der Waals surface area contributed by atoms with E-state index in [2.05, 4.69) is 128 Å². The van der Waals surface area contributed by atoms with Gasteiger partial charge >= 0.3 is 0 Å². The maximum Gasteiger partial charge on any atom is 0.157 e. The van der Waals surface area contributed by atoms with Crippen molar-refractivity contribution in [1.82, 2.24) is 9.97 Å². The minimum Gasteiger partial charge on any atom is -0.383 e. The Morgan fingerprint density at radius 3 is 2.14 bits per heavy atom. The standard InChI is InChI=1S/C54H43N5/c1-3-4-19-46-36(2)14-13-21-47(46)45-30-37(34-57-54(39-17-9-6-10-18-39)59-53(55)38-15-7-5-8-16-38)29-44(33-45)42-24-23-41-32-43(26-25-40(41)31-42)52-50-35-56-28-27-48(50)49-20-11-12-22-51(49)58-52/h4-33,35H,3,34H2,1-2H3,(H2,55,57,59)/b19-4-. The van der Waals surface area contributed by atoms with E-state index in [0.717, 1.165) is 83.5 Å². The summed E-state index contributed by atoms with van der Waals surface area (Å²) >= 11 is 0. The Bertz CT molecular complexity index is 3070. The second-order valence-corrected chi connectivity index (χ2v) is 14.8. The van der Waals surface area contributed by atoms with Gasteiger partial charge in [0.2, 0.25) is 0 Å². The Balaban J connectivity index is 1.15. The number of rotatable bonds is 9. The number of amidine groups is 2. The third kappa shape index (κ3) is 7.79. The Morgan fingerprint density at radius 2 is 1.34 bits per heavy atom. The first kappa shape index (κ1) is 37.1. The van der Waals surface area contributed by atoms with E-state index < -0.39 is 0 Å². The van der Waals surface area contributed by atoms with Crippen molar-refractivity contribution >= 4 is 50.2 Å². The highest BCUT2D eigenvalue weighted by atomic mass is 15.0. The van der Waals surface area contributed by atoms with Gasteiger partial charge in [-0.05, 0) is 111 Å². The molecule has 9 rings (SSSR count). The van der Waals surface area contributed by atoms with Gasteiger partial charge in [-0.15, -0.1) is 0 Å². The van der Waals surface area contributed by atoms with Crippen molar-refractivity contribution in [2.75, 3.05) is 0 Å². The highest BCUT2D eigenvalue weighted by Gasteiger charge is 2.14. The Morgan fingerprint density at radius 1 is 0.627 bits per heavy atom. The molecule has 0 saturated carbocycles. The van der Waals surface area contributed by atoms with E-state index in [1.54, 1.807) is 0 Å². The SMILES string of the molecule is CC/C=C\c1c(C)cccc1-c1cc(CN=C(N=C(N)c2ccccc2)c2ccccc2)cc(-c2ccc3cc(-c4nc5ccccc5c5ccncc45)ccc3c2)c1. The molecule has 0 fully saturated rings. The summed E-state index contributed by atoms with van der Waals surface area (Å²) in [6.45, 7) is 4.77. The molecular formula is C54H43N5. The van der Waals surface area contributed by atoms with E-state index in [1.165, 1.54) is 16.7 Å². The van der Waals surface area contributed by atoms with Crippen molar-refractivity contribution in [2.24, 2.45) is 15.7 Å². The van der Waals surface area contributed by atoms with Gasteiger partial charge in [0.05, 0.1) is 17.8 Å². The fourth-order valence-corrected chi connectivity index (χ4v) is 7.82. The number of hydrogen-bond acceptors (Lipinski definition) is 3. The second-order valence-electron chi connectivity index (χ2n) is 14.8. The predicted octanol–water partition coefficient (Wildman–Crippen LogP) is 13.0. The number of hydrogen-bond donors (Lipinski definition) is 1. The van der Waals surface area contributed by atoms with Crippen LogP contribution in [0.5, 0.6) is 0 Å². The number of aromatic nitrogens is 2. The zero-order chi connectivity index (χ0) is 40.1. The first-order chi connectivity index (χ1) is 29.0. The highest BCUT2D eigenvalue weighted by Crippen LogP contribution is 2.36. The third-order valence-electron chi connectivity index (χ3n) is 10.8. The molecule has 0 amide bonds. The first-order valence-electron chi connectivity index (χ1n) is 20.1. The number of para-hydroxylation sites is 1. The van der Waals surface area contributed by atoms with Gasteiger partial charge in [0.1, 0.15) is 5.84 Å². The Hall–Kier alpha value is -7.50. The molecule has 0 spiro atoms. The van der Waals surface area contributed by atoms with Crippen LogP contribution in [0.2, 0.25) is 0 Å². The number of pyridine rings is 2. The van der Waals surface area contributed by atoms with Gasteiger partial charge in [0, 0.05) is 39.9 Å². The molecule has 5 nitrogen and oxygen atoms in total. The van der Waals surface area contributed by atoms with E-state index in [0.29, 0.717) is 18.2 Å². The zero-order valence-electron chi connectivity index (χ0n) is 33.2. The summed E-state index contributed by atoms with van der Waals surface area (Å²) in [5.41, 5.74) is 19.4. The van der Waals surface area contributed by atoms with E-state index in [9.17, 15) is 0 Å². The fraction of sp³-hybridized carbons (Fsp3) is 0.0741. The molecule has 9 aromatic rings. The molecule has 0 aliphatic carbocycles. The van der Waals surface area contributed by atoms with E-state index in [1.807, 2.05) is 79.1 Å². The molecule has 0 saturated heterocycles. The van der Waals surface area contributed by atoms with Crippen molar-refractivity contribution in [3.63, 3.8) is 0 Å². The molecule has 284 valence electrons. The van der Waals surface area contributed by atoms with Crippen molar-refractivity contribution in [3.05, 3.63) is 210 Å². The summed E-state index contributed by atoms with van der Waals surface area (Å²) in [5, 5.41) is 5.62. The van der Waals surface area contributed by atoms with Gasteiger partial charge < -0.3 is 5.73 Å². The number of nitrogens with two attached hydrogens (primary N) is 1. The van der Waals surface area contributed by atoms with Crippen LogP contribution in [0.1, 0.15) is 41.2 Å². The number of benzene rings is 7. The predicted molar refractivity (Wildman–Crippen MR) is 249 cm³/mol. The lowest BCUT2D eigenvalue weighted by atomic mass is 9.91. The van der Waals surface area contributed by atoms with Crippen LogP contribution in [0.4, 0.5) is 0 Å². The van der Waals surface area contributed by atoms with Gasteiger partial charge in [-0.3, -0.25) is 9.98 Å². The maximum atomic E-state index is 6.56. The molecule has 2 heterocycles. The lowest BCUT2D eigenvalue weighted by Crippen LogP contribution is -2.16. The summed E-state index contributed by atoms with van der Waals surface area (Å²) in [6.07, 6.45) is 9.23. The quantitative estimate of drug-likeness (QED) is 0.0904. The van der Waals surface area contributed by atoms with Crippen molar-refractivity contribution in [2.45, 2.75) is 26.8 Å². The summed E-state index contributed by atoms with van der Waals surface area (Å²) in [7, 11) is 0. The van der Waals surface area contributed by atoms with Crippen LogP contribution in [-0.4, -0.2) is 21.6 Å². The van der Waals surface area contributed by atoms with Gasteiger partial charge in [0.25, 0.3) is 0 Å². The van der Waals surface area contributed by atoms with Crippen LogP contribution in [0.25, 0.3) is 72.0 Å². The third-order valence-corrected chi connectivity index (χ3v) is 10.8. The van der Waals surface area contributed by atoms with Crippen LogP contribution in [0, 0.1) is 6.92 Å². The Labute approximate surface area is 345 Å². The summed E-state index contributed by atoms with van der Waals surface area (Å²) in [5.74, 6) is 1.02. The largest absolute Gasteiger partial charge is 0.383 e. The molecule has 0 radical (unpaired) electrons. The molecular weight excluding hydrogens is 719 g/mol. The monoisotopic (exact) mass is 761 g/mol. The number of aryl methyl sites for hydroxylation is 1. The van der Waals surface area contributed by atoms with Crippen LogP contribution in [0.3, 0.4) is 0 Å². The molecule has 5 heteroatoms. The number of fused-ring (bicyclic) bond motifs is 4. The minimum absolute atomic E-state index is 0.418. The molecule has 0 atom stereocenters. The average Bonchev–Trinajstić information content (AvgIpc) is 3.29. The molecule has 0 unspecified atom stereocenters. The van der Waals surface area contributed by atoms with Gasteiger partial charge in [-0.2, -0.15) is 0 Å². The molecule has 0 bridgehead atoms. The molecule has 7 aromatic carbocycles. The summed E-state index contributed by atoms with van der Waals surface area (Å²) in [6, 6.07) is 57.0. The Kier molecular flexibility index (Phi) is 10.4. The normalized spacial score (nSPS) is 12.2. The fourth-order valence-electron chi connectivity index (χ4n) is 7.82. The topological polar surface area (TPSA) is 76.5 Å². The summed E-state index contributed by atoms with van der Waals surface area (Å²) < 4.78 is 0. The molecule has 59 heavy (non-hydrogen) atoms. The number of allylic oxidation sites excluding steroid dienone is 1.